The summed E-state index contributed by atoms with van der Waals surface area (Å²) in [6.07, 6.45) is 13.0. The first-order valence-corrected chi connectivity index (χ1v) is 6.17. The molecule has 0 aliphatic heterocycles. The first-order valence-electron chi connectivity index (χ1n) is 6.17. The van der Waals surface area contributed by atoms with E-state index >= 15 is 0 Å². The predicted molar refractivity (Wildman–Crippen MR) is 70.2 cm³/mol. The van der Waals surface area contributed by atoms with Gasteiger partial charge in [-0.05, 0) is 44.1 Å². The Morgan fingerprint density at radius 3 is 2.75 bits per heavy atom. The number of aliphatic hydroxyl groups is 1. The topological polar surface area (TPSA) is 20.2 Å². The Hall–Kier alpha value is -0.820. The van der Waals surface area contributed by atoms with E-state index in [9.17, 15) is 5.11 Å². The van der Waals surface area contributed by atoms with Crippen LogP contribution in [0.25, 0.3) is 0 Å². The summed E-state index contributed by atoms with van der Waals surface area (Å²) in [5.74, 6) is 1.23. The van der Waals surface area contributed by atoms with Crippen LogP contribution in [0, 0.1) is 11.8 Å². The van der Waals surface area contributed by atoms with Crippen LogP contribution in [-0.2, 0) is 0 Å². The van der Waals surface area contributed by atoms with Gasteiger partial charge in [-0.25, -0.2) is 0 Å². The van der Waals surface area contributed by atoms with Gasteiger partial charge in [0.2, 0.25) is 0 Å². The number of allylic oxidation sites excluding steroid dienone is 5. The van der Waals surface area contributed by atoms with Crippen molar-refractivity contribution in [2.75, 3.05) is 0 Å². The van der Waals surface area contributed by atoms with Crippen molar-refractivity contribution < 1.29 is 5.11 Å². The molecule has 0 aromatic rings. The van der Waals surface area contributed by atoms with Crippen molar-refractivity contribution >= 4 is 0 Å². The number of hydrogen-bond donors (Lipinski definition) is 1. The lowest BCUT2D eigenvalue weighted by molar-refractivity contribution is 0.133. The molecule has 90 valence electrons. The van der Waals surface area contributed by atoms with E-state index in [1.54, 1.807) is 13.8 Å². The van der Waals surface area contributed by atoms with E-state index < -0.39 is 5.60 Å². The zero-order valence-electron chi connectivity index (χ0n) is 10.9. The molecule has 1 aliphatic carbocycles. The first kappa shape index (κ1) is 13.2. The van der Waals surface area contributed by atoms with Crippen molar-refractivity contribution in [3.63, 3.8) is 0 Å². The van der Waals surface area contributed by atoms with E-state index in [1.165, 1.54) is 5.57 Å². The van der Waals surface area contributed by atoms with Gasteiger partial charge in [-0.3, -0.25) is 0 Å². The first-order chi connectivity index (χ1) is 7.38. The highest BCUT2D eigenvalue weighted by Crippen LogP contribution is 2.24. The molecule has 0 saturated heterocycles. The third kappa shape index (κ3) is 4.80. The zero-order chi connectivity index (χ0) is 12.2. The predicted octanol–water partition coefficient (Wildman–Crippen LogP) is 3.86. The molecule has 0 heterocycles. The minimum atomic E-state index is -0.689. The molecule has 0 saturated carbocycles. The molecule has 0 aromatic heterocycles. The second-order valence-corrected chi connectivity index (χ2v) is 5.47. The van der Waals surface area contributed by atoms with Gasteiger partial charge in [-0.2, -0.15) is 0 Å². The number of hydrogen-bond acceptors (Lipinski definition) is 1. The average Bonchev–Trinajstić information content (AvgIpc) is 2.16. The second kappa shape index (κ2) is 5.49. The average molecular weight is 220 g/mol. The molecular formula is C15H24O. The van der Waals surface area contributed by atoms with Crippen LogP contribution in [0.3, 0.4) is 0 Å². The van der Waals surface area contributed by atoms with Gasteiger partial charge in [0, 0.05) is 0 Å². The summed E-state index contributed by atoms with van der Waals surface area (Å²) in [7, 11) is 0. The van der Waals surface area contributed by atoms with Crippen LogP contribution in [0.15, 0.2) is 36.0 Å². The van der Waals surface area contributed by atoms with Crippen LogP contribution in [0.1, 0.15) is 40.5 Å². The van der Waals surface area contributed by atoms with Gasteiger partial charge >= 0.3 is 0 Å². The van der Waals surface area contributed by atoms with Gasteiger partial charge < -0.3 is 5.11 Å². The highest BCUT2D eigenvalue weighted by Gasteiger charge is 2.10. The van der Waals surface area contributed by atoms with Crippen LogP contribution in [0.5, 0.6) is 0 Å². The van der Waals surface area contributed by atoms with Gasteiger partial charge in [0.25, 0.3) is 0 Å². The Labute approximate surface area is 99.6 Å². The molecule has 2 atom stereocenters. The molecule has 1 nitrogen and oxygen atoms in total. The lowest BCUT2D eigenvalue weighted by atomic mass is 9.89. The molecule has 16 heavy (non-hydrogen) atoms. The molecule has 0 spiro atoms. The van der Waals surface area contributed by atoms with Gasteiger partial charge in [-0.15, -0.1) is 0 Å². The summed E-state index contributed by atoms with van der Waals surface area (Å²) in [5.41, 5.74) is 0.740. The van der Waals surface area contributed by atoms with Crippen molar-refractivity contribution in [1.82, 2.24) is 0 Å². The Balaban J connectivity index is 2.45. The Morgan fingerprint density at radius 1 is 1.56 bits per heavy atom. The molecule has 0 bridgehead atoms. The van der Waals surface area contributed by atoms with Crippen molar-refractivity contribution in [2.45, 2.75) is 46.1 Å². The number of rotatable bonds is 4. The summed E-state index contributed by atoms with van der Waals surface area (Å²) in [6, 6.07) is 0. The van der Waals surface area contributed by atoms with E-state index in [0.29, 0.717) is 11.8 Å². The lowest BCUT2D eigenvalue weighted by Gasteiger charge is -2.17. The Morgan fingerprint density at radius 2 is 2.25 bits per heavy atom. The van der Waals surface area contributed by atoms with E-state index in [0.717, 1.165) is 12.8 Å². The molecule has 1 aliphatic rings. The van der Waals surface area contributed by atoms with Crippen LogP contribution in [0.2, 0.25) is 0 Å². The quantitative estimate of drug-likeness (QED) is 0.713. The van der Waals surface area contributed by atoms with E-state index in [4.69, 9.17) is 0 Å². The molecule has 1 N–H and O–H groups in total. The van der Waals surface area contributed by atoms with Crippen molar-refractivity contribution in [2.24, 2.45) is 11.8 Å². The minimum Gasteiger partial charge on any atom is -0.386 e. The van der Waals surface area contributed by atoms with Crippen LogP contribution in [0.4, 0.5) is 0 Å². The molecular weight excluding hydrogens is 196 g/mol. The molecule has 0 radical (unpaired) electrons. The maximum atomic E-state index is 9.56. The monoisotopic (exact) mass is 220 g/mol. The maximum absolute atomic E-state index is 9.56. The fourth-order valence-corrected chi connectivity index (χ4v) is 1.81. The second-order valence-electron chi connectivity index (χ2n) is 5.47. The molecule has 0 fully saturated rings. The fourth-order valence-electron chi connectivity index (χ4n) is 1.81. The van der Waals surface area contributed by atoms with Crippen LogP contribution >= 0.6 is 0 Å². The molecule has 1 rings (SSSR count). The van der Waals surface area contributed by atoms with E-state index in [-0.39, 0.29) is 0 Å². The summed E-state index contributed by atoms with van der Waals surface area (Å²) >= 11 is 0. The smallest absolute Gasteiger partial charge is 0.0771 e. The lowest BCUT2D eigenvalue weighted by Crippen LogP contribution is -2.13. The minimum absolute atomic E-state index is 0.544. The molecule has 0 aromatic carbocycles. The maximum Gasteiger partial charge on any atom is 0.0771 e. The summed E-state index contributed by atoms with van der Waals surface area (Å²) < 4.78 is 0. The highest BCUT2D eigenvalue weighted by molar-refractivity contribution is 5.26. The normalized spacial score (nSPS) is 23.6. The summed E-state index contributed by atoms with van der Waals surface area (Å²) in [4.78, 5) is 0. The van der Waals surface area contributed by atoms with Crippen molar-refractivity contribution in [3.8, 4) is 0 Å². The molecule has 2 unspecified atom stereocenters. The zero-order valence-corrected chi connectivity index (χ0v) is 10.9. The van der Waals surface area contributed by atoms with Gasteiger partial charge in [0.1, 0.15) is 0 Å². The third-order valence-corrected chi connectivity index (χ3v) is 2.93. The highest BCUT2D eigenvalue weighted by atomic mass is 16.3. The van der Waals surface area contributed by atoms with Gasteiger partial charge in [-0.1, -0.05) is 44.2 Å². The van der Waals surface area contributed by atoms with Crippen LogP contribution in [-0.4, -0.2) is 10.7 Å². The largest absolute Gasteiger partial charge is 0.386 e. The SMILES string of the molecule is CC1C=CC(C(C)C/C=C/C(C)(C)O)=CC1. The Kier molecular flexibility index (Phi) is 4.55. The van der Waals surface area contributed by atoms with Gasteiger partial charge in [0.15, 0.2) is 0 Å². The van der Waals surface area contributed by atoms with Crippen LogP contribution < -0.4 is 0 Å². The Bertz CT molecular complexity index is 302. The van der Waals surface area contributed by atoms with Crippen molar-refractivity contribution in [1.29, 1.82) is 0 Å². The van der Waals surface area contributed by atoms with Gasteiger partial charge in [0.05, 0.1) is 5.60 Å². The third-order valence-electron chi connectivity index (χ3n) is 2.93. The summed E-state index contributed by atoms with van der Waals surface area (Å²) in [5, 5.41) is 9.56. The molecule has 1 heteroatoms. The fraction of sp³-hybridized carbons (Fsp3) is 0.600. The standard InChI is InChI=1S/C15H24O/c1-12-7-9-14(10-8-12)13(2)6-5-11-15(3,4)16/h5,7,9-13,16H,6,8H2,1-4H3/b11-5+. The molecule has 0 amide bonds. The van der Waals surface area contributed by atoms with Crippen molar-refractivity contribution in [3.05, 3.63) is 36.0 Å². The van der Waals surface area contributed by atoms with E-state index in [1.807, 2.05) is 6.08 Å². The van der Waals surface area contributed by atoms with E-state index in [2.05, 4.69) is 38.2 Å². The summed E-state index contributed by atoms with van der Waals surface area (Å²) in [6.45, 7) is 8.08.